The van der Waals surface area contributed by atoms with Crippen LogP contribution in [-0.2, 0) is 0 Å². The van der Waals surface area contributed by atoms with Crippen LogP contribution in [0.5, 0.6) is 5.75 Å². The molecule has 2 unspecified atom stereocenters. The van der Waals surface area contributed by atoms with Crippen molar-refractivity contribution in [2.75, 3.05) is 26.7 Å². The Morgan fingerprint density at radius 2 is 2.22 bits per heavy atom. The molecule has 1 aliphatic rings. The first-order valence-electron chi connectivity index (χ1n) is 6.84. The third-order valence-electron chi connectivity index (χ3n) is 3.93. The summed E-state index contributed by atoms with van der Waals surface area (Å²) < 4.78 is 5.70. The van der Waals surface area contributed by atoms with E-state index >= 15 is 0 Å². The first-order valence-corrected chi connectivity index (χ1v) is 6.84. The molecule has 1 heterocycles. The van der Waals surface area contributed by atoms with E-state index in [1.54, 1.807) is 0 Å². The van der Waals surface area contributed by atoms with E-state index in [-0.39, 0.29) is 0 Å². The van der Waals surface area contributed by atoms with Crippen LogP contribution < -0.4 is 10.5 Å². The molecule has 0 aliphatic carbocycles. The van der Waals surface area contributed by atoms with E-state index in [0.717, 1.165) is 38.3 Å². The molecule has 2 atom stereocenters. The number of rotatable bonds is 5. The molecule has 100 valence electrons. The molecule has 18 heavy (non-hydrogen) atoms. The Kier molecular flexibility index (Phi) is 4.61. The van der Waals surface area contributed by atoms with Gasteiger partial charge in [0.25, 0.3) is 0 Å². The monoisotopic (exact) mass is 248 g/mol. The fraction of sp³-hybridized carbons (Fsp3) is 0.600. The maximum Gasteiger partial charge on any atom is 0.122 e. The lowest BCUT2D eigenvalue weighted by atomic mass is 9.92. The molecule has 3 heteroatoms. The van der Waals surface area contributed by atoms with Gasteiger partial charge in [-0.25, -0.2) is 0 Å². The lowest BCUT2D eigenvalue weighted by Crippen LogP contribution is -2.35. The van der Waals surface area contributed by atoms with Crippen molar-refractivity contribution < 1.29 is 4.74 Å². The van der Waals surface area contributed by atoms with Crippen LogP contribution in [0.15, 0.2) is 24.3 Å². The summed E-state index contributed by atoms with van der Waals surface area (Å²) in [6.45, 7) is 4.93. The Morgan fingerprint density at radius 1 is 1.44 bits per heavy atom. The smallest absolute Gasteiger partial charge is 0.122 e. The highest BCUT2D eigenvalue weighted by atomic mass is 16.5. The minimum Gasteiger partial charge on any atom is -0.493 e. The van der Waals surface area contributed by atoms with Crippen LogP contribution in [0.25, 0.3) is 0 Å². The van der Waals surface area contributed by atoms with Crippen LogP contribution in [0.2, 0.25) is 0 Å². The molecule has 0 saturated carbocycles. The molecule has 0 saturated heterocycles. The van der Waals surface area contributed by atoms with Gasteiger partial charge in [0.2, 0.25) is 0 Å². The number of para-hydroxylation sites is 1. The highest BCUT2D eigenvalue weighted by Gasteiger charge is 2.23. The Bertz CT molecular complexity index is 381. The average molecular weight is 248 g/mol. The molecule has 0 fully saturated rings. The molecule has 1 aromatic rings. The number of likely N-dealkylation sites (N-methyl/N-ethyl adjacent to an activating group) is 1. The Balaban J connectivity index is 2.02. The van der Waals surface area contributed by atoms with Gasteiger partial charge < -0.3 is 15.4 Å². The van der Waals surface area contributed by atoms with Crippen LogP contribution in [0.4, 0.5) is 0 Å². The highest BCUT2D eigenvalue weighted by molar-refractivity contribution is 5.37. The maximum atomic E-state index is 5.70. The van der Waals surface area contributed by atoms with Gasteiger partial charge >= 0.3 is 0 Å². The summed E-state index contributed by atoms with van der Waals surface area (Å²) in [7, 11) is 2.19. The summed E-state index contributed by atoms with van der Waals surface area (Å²) in [5, 5.41) is 0. The lowest BCUT2D eigenvalue weighted by molar-refractivity contribution is 0.199. The van der Waals surface area contributed by atoms with Gasteiger partial charge in [0.05, 0.1) is 6.61 Å². The van der Waals surface area contributed by atoms with E-state index in [1.165, 1.54) is 5.56 Å². The number of nitrogens with two attached hydrogens (primary N) is 1. The van der Waals surface area contributed by atoms with Gasteiger partial charge in [0.1, 0.15) is 5.75 Å². The Morgan fingerprint density at radius 3 is 3.00 bits per heavy atom. The molecule has 0 radical (unpaired) electrons. The number of fused-ring (bicyclic) bond motifs is 1. The molecule has 0 amide bonds. The number of benzene rings is 1. The summed E-state index contributed by atoms with van der Waals surface area (Å²) >= 11 is 0. The second kappa shape index (κ2) is 6.21. The summed E-state index contributed by atoms with van der Waals surface area (Å²) in [6, 6.07) is 8.96. The number of hydrogen-bond donors (Lipinski definition) is 1. The van der Waals surface area contributed by atoms with Crippen molar-refractivity contribution >= 4 is 0 Å². The van der Waals surface area contributed by atoms with E-state index in [9.17, 15) is 0 Å². The maximum absolute atomic E-state index is 5.70. The normalized spacial score (nSPS) is 20.3. The van der Waals surface area contributed by atoms with Gasteiger partial charge in [0.15, 0.2) is 0 Å². The largest absolute Gasteiger partial charge is 0.493 e. The van der Waals surface area contributed by atoms with Crippen molar-refractivity contribution in [3.05, 3.63) is 29.8 Å². The number of nitrogens with zero attached hydrogens (tertiary/aromatic N) is 1. The molecule has 2 rings (SSSR count). The second-order valence-corrected chi connectivity index (χ2v) is 5.24. The van der Waals surface area contributed by atoms with Crippen LogP contribution in [-0.4, -0.2) is 37.7 Å². The summed E-state index contributed by atoms with van der Waals surface area (Å²) in [5.41, 5.74) is 6.99. The molecule has 2 N–H and O–H groups in total. The number of hydrogen-bond acceptors (Lipinski definition) is 3. The quantitative estimate of drug-likeness (QED) is 0.868. The van der Waals surface area contributed by atoms with E-state index in [4.69, 9.17) is 10.5 Å². The van der Waals surface area contributed by atoms with Crippen LogP contribution in [0.1, 0.15) is 31.2 Å². The van der Waals surface area contributed by atoms with Crippen LogP contribution in [0.3, 0.4) is 0 Å². The molecule has 1 aromatic carbocycles. The summed E-state index contributed by atoms with van der Waals surface area (Å²) in [4.78, 5) is 2.42. The van der Waals surface area contributed by atoms with Crippen LogP contribution in [0, 0.1) is 0 Å². The topological polar surface area (TPSA) is 38.5 Å². The second-order valence-electron chi connectivity index (χ2n) is 5.24. The van der Waals surface area contributed by atoms with Crippen molar-refractivity contribution in [2.24, 2.45) is 5.73 Å². The first kappa shape index (κ1) is 13.4. The molecule has 0 aromatic heterocycles. The van der Waals surface area contributed by atoms with Crippen molar-refractivity contribution in [1.82, 2.24) is 4.90 Å². The predicted molar refractivity (Wildman–Crippen MR) is 75.1 cm³/mol. The van der Waals surface area contributed by atoms with E-state index in [0.29, 0.717) is 12.0 Å². The highest BCUT2D eigenvalue weighted by Crippen LogP contribution is 2.33. The van der Waals surface area contributed by atoms with Gasteiger partial charge in [-0.2, -0.15) is 0 Å². The van der Waals surface area contributed by atoms with Crippen molar-refractivity contribution in [3.8, 4) is 5.75 Å². The van der Waals surface area contributed by atoms with Gasteiger partial charge in [-0.3, -0.25) is 0 Å². The zero-order valence-corrected chi connectivity index (χ0v) is 11.4. The minimum absolute atomic E-state index is 0.546. The SMILES string of the molecule is CC(CCN)N(C)CC1CCOc2ccccc21. The predicted octanol–water partition coefficient (Wildman–Crippen LogP) is 2.22. The molecular weight excluding hydrogens is 224 g/mol. The average Bonchev–Trinajstić information content (AvgIpc) is 2.39. The molecule has 0 bridgehead atoms. The Labute approximate surface area is 110 Å². The zero-order valence-electron chi connectivity index (χ0n) is 11.4. The molecular formula is C15H24N2O. The van der Waals surface area contributed by atoms with E-state index in [2.05, 4.69) is 37.1 Å². The molecule has 1 aliphatic heterocycles. The van der Waals surface area contributed by atoms with E-state index in [1.807, 2.05) is 6.07 Å². The fourth-order valence-corrected chi connectivity index (χ4v) is 2.59. The van der Waals surface area contributed by atoms with Crippen molar-refractivity contribution in [1.29, 1.82) is 0 Å². The van der Waals surface area contributed by atoms with Gasteiger partial charge in [0, 0.05) is 18.5 Å². The third-order valence-corrected chi connectivity index (χ3v) is 3.93. The first-order chi connectivity index (χ1) is 8.72. The van der Waals surface area contributed by atoms with E-state index < -0.39 is 0 Å². The summed E-state index contributed by atoms with van der Waals surface area (Å²) in [5.74, 6) is 1.65. The molecule has 3 nitrogen and oxygen atoms in total. The van der Waals surface area contributed by atoms with Gasteiger partial charge in [-0.05, 0) is 45.0 Å². The summed E-state index contributed by atoms with van der Waals surface area (Å²) in [6.07, 6.45) is 2.16. The fourth-order valence-electron chi connectivity index (χ4n) is 2.59. The van der Waals surface area contributed by atoms with Gasteiger partial charge in [-0.1, -0.05) is 18.2 Å². The lowest BCUT2D eigenvalue weighted by Gasteiger charge is -2.32. The zero-order chi connectivity index (χ0) is 13.0. The number of ether oxygens (including phenoxy) is 1. The molecule has 0 spiro atoms. The Hall–Kier alpha value is -1.06. The van der Waals surface area contributed by atoms with Crippen molar-refractivity contribution in [2.45, 2.75) is 31.7 Å². The minimum atomic E-state index is 0.546. The standard InChI is InChI=1S/C15H24N2O/c1-12(7-9-16)17(2)11-13-8-10-18-15-6-4-3-5-14(13)15/h3-6,12-13H,7-11,16H2,1-2H3. The van der Waals surface area contributed by atoms with Crippen molar-refractivity contribution in [3.63, 3.8) is 0 Å². The van der Waals surface area contributed by atoms with Crippen LogP contribution >= 0.6 is 0 Å². The van der Waals surface area contributed by atoms with Gasteiger partial charge in [-0.15, -0.1) is 0 Å². The third kappa shape index (κ3) is 3.03.